The Morgan fingerprint density at radius 3 is 2.19 bits per heavy atom. The van der Waals surface area contributed by atoms with Gasteiger partial charge in [0.1, 0.15) is 30.2 Å². The van der Waals surface area contributed by atoms with Gasteiger partial charge in [0.2, 0.25) is 6.29 Å². The zero-order valence-electron chi connectivity index (χ0n) is 19.8. The second-order valence-electron chi connectivity index (χ2n) is 8.44. The van der Waals surface area contributed by atoms with E-state index in [4.69, 9.17) is 13.7 Å². The maximum Gasteiger partial charge on any atom is 0.446 e. The second kappa shape index (κ2) is 11.9. The normalized spacial score (nSPS) is 25.8. The number of benzene rings is 2. The maximum atomic E-state index is 11.5. The molecule has 0 saturated carbocycles. The number of hydrogen-bond donors (Lipinski definition) is 7. The van der Waals surface area contributed by atoms with Crippen LogP contribution in [-0.4, -0.2) is 80.9 Å². The Morgan fingerprint density at radius 1 is 1.00 bits per heavy atom. The summed E-state index contributed by atoms with van der Waals surface area (Å²) in [6, 6.07) is 8.22. The summed E-state index contributed by atoms with van der Waals surface area (Å²) in [6.07, 6.45) is -8.44. The Hall–Kier alpha value is -2.59. The van der Waals surface area contributed by atoms with Crippen LogP contribution >= 0.6 is 0 Å². The van der Waals surface area contributed by atoms with Crippen molar-refractivity contribution in [2.24, 2.45) is 0 Å². The molecule has 1 saturated heterocycles. The van der Waals surface area contributed by atoms with Gasteiger partial charge in [-0.2, -0.15) is 8.42 Å². The van der Waals surface area contributed by atoms with Gasteiger partial charge in [-0.25, -0.2) is 0 Å². The van der Waals surface area contributed by atoms with Gasteiger partial charge >= 0.3 is 10.4 Å². The molecule has 1 aliphatic rings. The predicted octanol–water partition coefficient (Wildman–Crippen LogP) is 0.377. The standard InChI is InChI=1S/C24H30O12S/c1-3-16(26)12-5-7-18(34-24-23(30)22(29)21(28)20(11-25)35-24)14(9-12)15-10-13(17(27)4-2)6-8-19(15)36-37(31,32)33/h3,5-10,16-17,20-30H,1,4,11H2,2H3,(H,31,32,33)/t16?,17?,20-,21-,22+,23-,24-/m1/s1. The van der Waals surface area contributed by atoms with Crippen LogP contribution in [-0.2, 0) is 15.1 Å². The van der Waals surface area contributed by atoms with E-state index in [1.165, 1.54) is 42.5 Å². The molecule has 1 fully saturated rings. The summed E-state index contributed by atoms with van der Waals surface area (Å²) in [4.78, 5) is 0. The zero-order chi connectivity index (χ0) is 27.5. The van der Waals surface area contributed by atoms with E-state index in [1.54, 1.807) is 6.92 Å². The highest BCUT2D eigenvalue weighted by atomic mass is 32.3. The SMILES string of the molecule is C=CC(O)c1ccc(O[C@@H]2O[C@H](CO)[C@@H](O)[C@H](O)[C@H]2O)c(-c2cc(C(O)CC)ccc2OS(=O)(=O)O)c1. The van der Waals surface area contributed by atoms with E-state index >= 15 is 0 Å². The van der Waals surface area contributed by atoms with E-state index in [-0.39, 0.29) is 22.6 Å². The molecule has 2 unspecified atom stereocenters. The third-order valence-electron chi connectivity index (χ3n) is 5.92. The fourth-order valence-corrected chi connectivity index (χ4v) is 4.23. The van der Waals surface area contributed by atoms with Crippen LogP contribution in [0.2, 0.25) is 0 Å². The predicted molar refractivity (Wildman–Crippen MR) is 129 cm³/mol. The molecule has 1 heterocycles. The molecule has 7 N–H and O–H groups in total. The fraction of sp³-hybridized carbons (Fsp3) is 0.417. The van der Waals surface area contributed by atoms with Crippen molar-refractivity contribution >= 4 is 10.4 Å². The molecule has 204 valence electrons. The van der Waals surface area contributed by atoms with Crippen LogP contribution in [0.5, 0.6) is 11.5 Å². The van der Waals surface area contributed by atoms with Gasteiger partial charge in [0, 0.05) is 11.1 Å². The molecule has 13 heteroatoms. The van der Waals surface area contributed by atoms with Gasteiger partial charge in [0.05, 0.1) is 18.8 Å². The minimum Gasteiger partial charge on any atom is -0.461 e. The first-order valence-electron chi connectivity index (χ1n) is 11.3. The van der Waals surface area contributed by atoms with Crippen molar-refractivity contribution in [3.63, 3.8) is 0 Å². The van der Waals surface area contributed by atoms with Crippen molar-refractivity contribution in [3.05, 3.63) is 60.2 Å². The summed E-state index contributed by atoms with van der Waals surface area (Å²) >= 11 is 0. The lowest BCUT2D eigenvalue weighted by Gasteiger charge is -2.39. The van der Waals surface area contributed by atoms with Crippen LogP contribution in [0, 0.1) is 0 Å². The van der Waals surface area contributed by atoms with E-state index in [2.05, 4.69) is 6.58 Å². The van der Waals surface area contributed by atoms with Crippen LogP contribution in [0.1, 0.15) is 36.7 Å². The highest BCUT2D eigenvalue weighted by molar-refractivity contribution is 7.81. The fourth-order valence-electron chi connectivity index (χ4n) is 3.86. The minimum absolute atomic E-state index is 0.0142. The van der Waals surface area contributed by atoms with Crippen LogP contribution in [0.25, 0.3) is 11.1 Å². The Balaban J connectivity index is 2.18. The lowest BCUT2D eigenvalue weighted by molar-refractivity contribution is -0.277. The highest BCUT2D eigenvalue weighted by Crippen LogP contribution is 2.41. The lowest BCUT2D eigenvalue weighted by atomic mass is 9.95. The number of ether oxygens (including phenoxy) is 2. The molecule has 0 aliphatic carbocycles. The minimum atomic E-state index is -4.97. The zero-order valence-corrected chi connectivity index (χ0v) is 20.6. The van der Waals surface area contributed by atoms with Crippen molar-refractivity contribution in [1.29, 1.82) is 0 Å². The Morgan fingerprint density at radius 2 is 1.59 bits per heavy atom. The average Bonchev–Trinajstić information content (AvgIpc) is 2.87. The van der Waals surface area contributed by atoms with Crippen molar-refractivity contribution in [2.45, 2.75) is 56.3 Å². The molecule has 0 aromatic heterocycles. The highest BCUT2D eigenvalue weighted by Gasteiger charge is 2.45. The smallest absolute Gasteiger partial charge is 0.446 e. The van der Waals surface area contributed by atoms with E-state index in [0.29, 0.717) is 17.5 Å². The molecule has 37 heavy (non-hydrogen) atoms. The van der Waals surface area contributed by atoms with Gasteiger partial charge in [-0.05, 0) is 41.8 Å². The third kappa shape index (κ3) is 6.65. The summed E-state index contributed by atoms with van der Waals surface area (Å²) in [6.45, 7) is 4.57. The molecule has 0 radical (unpaired) electrons. The van der Waals surface area contributed by atoms with E-state index in [1.807, 2.05) is 0 Å². The van der Waals surface area contributed by atoms with Gasteiger partial charge in [-0.1, -0.05) is 25.1 Å². The number of rotatable bonds is 10. The van der Waals surface area contributed by atoms with Crippen LogP contribution in [0.3, 0.4) is 0 Å². The lowest BCUT2D eigenvalue weighted by Crippen LogP contribution is -2.60. The summed E-state index contributed by atoms with van der Waals surface area (Å²) in [5.74, 6) is -0.411. The summed E-state index contributed by atoms with van der Waals surface area (Å²) in [5, 5.41) is 60.7. The number of aliphatic hydroxyl groups is 6. The monoisotopic (exact) mass is 542 g/mol. The number of hydrogen-bond acceptors (Lipinski definition) is 11. The van der Waals surface area contributed by atoms with Crippen LogP contribution in [0.4, 0.5) is 0 Å². The number of aliphatic hydroxyl groups excluding tert-OH is 6. The van der Waals surface area contributed by atoms with E-state index < -0.39 is 59.9 Å². The third-order valence-corrected chi connectivity index (χ3v) is 6.31. The molecule has 7 atom stereocenters. The molecule has 3 rings (SSSR count). The van der Waals surface area contributed by atoms with E-state index in [9.17, 15) is 43.6 Å². The topological polar surface area (TPSA) is 203 Å². The van der Waals surface area contributed by atoms with Gasteiger partial charge in [0.15, 0.2) is 5.75 Å². The molecular weight excluding hydrogens is 512 g/mol. The molecule has 2 aromatic rings. The molecule has 12 nitrogen and oxygen atoms in total. The quantitative estimate of drug-likeness (QED) is 0.161. The van der Waals surface area contributed by atoms with Gasteiger partial charge in [0.25, 0.3) is 0 Å². The largest absolute Gasteiger partial charge is 0.461 e. The van der Waals surface area contributed by atoms with Gasteiger partial charge < -0.3 is 44.3 Å². The molecule has 0 spiro atoms. The van der Waals surface area contributed by atoms with Crippen LogP contribution < -0.4 is 8.92 Å². The Bertz CT molecular complexity index is 1200. The van der Waals surface area contributed by atoms with Crippen LogP contribution in [0.15, 0.2) is 49.1 Å². The first kappa shape index (κ1) is 29.0. The average molecular weight is 543 g/mol. The van der Waals surface area contributed by atoms with Crippen molar-refractivity contribution < 1.29 is 57.3 Å². The summed E-state index contributed by atoms with van der Waals surface area (Å²) in [5.41, 5.74) is 0.763. The first-order valence-corrected chi connectivity index (χ1v) is 12.7. The molecular formula is C24H30O12S. The molecule has 2 aromatic carbocycles. The first-order chi connectivity index (χ1) is 17.4. The Labute approximate surface area is 213 Å². The van der Waals surface area contributed by atoms with Crippen molar-refractivity contribution in [1.82, 2.24) is 0 Å². The van der Waals surface area contributed by atoms with Crippen molar-refractivity contribution in [3.8, 4) is 22.6 Å². The van der Waals surface area contributed by atoms with E-state index in [0.717, 1.165) is 0 Å². The summed E-state index contributed by atoms with van der Waals surface area (Å²) < 4.78 is 48.3. The van der Waals surface area contributed by atoms with Gasteiger partial charge in [-0.3, -0.25) is 4.55 Å². The molecule has 0 amide bonds. The summed E-state index contributed by atoms with van der Waals surface area (Å²) in [7, 11) is -4.97. The maximum absolute atomic E-state index is 11.5. The molecule has 1 aliphatic heterocycles. The second-order valence-corrected chi connectivity index (χ2v) is 9.46. The van der Waals surface area contributed by atoms with Gasteiger partial charge in [-0.15, -0.1) is 6.58 Å². The molecule has 0 bridgehead atoms. The van der Waals surface area contributed by atoms with Crippen molar-refractivity contribution in [2.75, 3.05) is 6.61 Å². The Kier molecular flexibility index (Phi) is 9.28.